The number of likely N-dealkylation sites (tertiary alicyclic amines) is 1. The van der Waals surface area contributed by atoms with Crippen molar-refractivity contribution in [3.05, 3.63) is 45.9 Å². The number of halogens is 2. The smallest absolute Gasteiger partial charge is 0.273 e. The van der Waals surface area contributed by atoms with Gasteiger partial charge >= 0.3 is 0 Å². The van der Waals surface area contributed by atoms with E-state index in [2.05, 4.69) is 4.98 Å². The molecule has 1 saturated heterocycles. The highest BCUT2D eigenvalue weighted by Gasteiger charge is 2.26. The second kappa shape index (κ2) is 7.23. The van der Waals surface area contributed by atoms with Crippen LogP contribution < -0.4 is 10.5 Å². The van der Waals surface area contributed by atoms with Crippen molar-refractivity contribution in [2.45, 2.75) is 25.5 Å². The Morgan fingerprint density at radius 2 is 2.12 bits per heavy atom. The minimum Gasteiger partial charge on any atom is -0.487 e. The lowest BCUT2D eigenvalue weighted by Crippen LogP contribution is -2.42. The molecule has 1 amide bonds. The van der Waals surface area contributed by atoms with Gasteiger partial charge in [0.1, 0.15) is 22.6 Å². The van der Waals surface area contributed by atoms with E-state index in [0.29, 0.717) is 38.2 Å². The zero-order valence-electron chi connectivity index (χ0n) is 12.9. The monoisotopic (exact) mass is 353 g/mol. The molecule has 0 aliphatic carbocycles. The van der Waals surface area contributed by atoms with Crippen LogP contribution in [0.25, 0.3) is 0 Å². The number of piperidine rings is 1. The van der Waals surface area contributed by atoms with Crippen molar-refractivity contribution in [2.75, 3.05) is 13.1 Å². The molecule has 0 unspecified atom stereocenters. The number of aromatic nitrogens is 1. The maximum atomic E-state index is 13.6. The van der Waals surface area contributed by atoms with Crippen molar-refractivity contribution in [3.8, 4) is 5.75 Å². The van der Waals surface area contributed by atoms with Crippen LogP contribution in [0.3, 0.4) is 0 Å². The summed E-state index contributed by atoms with van der Waals surface area (Å²) < 4.78 is 32.1. The van der Waals surface area contributed by atoms with Gasteiger partial charge in [-0.3, -0.25) is 4.79 Å². The molecule has 3 rings (SSSR count). The van der Waals surface area contributed by atoms with Gasteiger partial charge in [0, 0.05) is 43.9 Å². The van der Waals surface area contributed by atoms with E-state index in [1.807, 2.05) is 0 Å². The maximum Gasteiger partial charge on any atom is 0.273 e. The number of nitrogens with two attached hydrogens (primary N) is 1. The second-order valence-electron chi connectivity index (χ2n) is 5.51. The van der Waals surface area contributed by atoms with E-state index in [1.54, 1.807) is 10.3 Å². The van der Waals surface area contributed by atoms with E-state index in [9.17, 15) is 13.6 Å². The number of ether oxygens (including phenoxy) is 1. The normalized spacial score (nSPS) is 15.5. The Kier molecular flexibility index (Phi) is 5.06. The van der Waals surface area contributed by atoms with Gasteiger partial charge < -0.3 is 15.4 Å². The zero-order chi connectivity index (χ0) is 17.1. The van der Waals surface area contributed by atoms with E-state index < -0.39 is 11.6 Å². The molecule has 0 bridgehead atoms. The average molecular weight is 353 g/mol. The van der Waals surface area contributed by atoms with Crippen LogP contribution in [0.2, 0.25) is 0 Å². The van der Waals surface area contributed by atoms with Crippen molar-refractivity contribution in [1.82, 2.24) is 9.88 Å². The highest BCUT2D eigenvalue weighted by Crippen LogP contribution is 2.23. The van der Waals surface area contributed by atoms with Crippen molar-refractivity contribution in [1.29, 1.82) is 0 Å². The summed E-state index contributed by atoms with van der Waals surface area (Å²) in [5.41, 5.74) is 5.91. The van der Waals surface area contributed by atoms with Crippen molar-refractivity contribution in [2.24, 2.45) is 5.73 Å². The molecule has 2 aromatic rings. The topological polar surface area (TPSA) is 68.5 Å². The molecule has 1 aromatic heterocycles. The maximum absolute atomic E-state index is 13.6. The molecule has 128 valence electrons. The Balaban J connectivity index is 1.56. The summed E-state index contributed by atoms with van der Waals surface area (Å²) in [6, 6.07) is 3.24. The summed E-state index contributed by atoms with van der Waals surface area (Å²) in [5, 5.41) is 2.43. The lowest BCUT2D eigenvalue weighted by molar-refractivity contribution is 0.0583. The molecule has 1 fully saturated rings. The number of amides is 1. The van der Waals surface area contributed by atoms with Crippen LogP contribution in [-0.2, 0) is 6.54 Å². The fourth-order valence-corrected chi connectivity index (χ4v) is 3.24. The number of benzene rings is 1. The quantitative estimate of drug-likeness (QED) is 0.917. The Morgan fingerprint density at radius 3 is 2.75 bits per heavy atom. The largest absolute Gasteiger partial charge is 0.487 e. The minimum atomic E-state index is -0.717. The number of carbonyl (C=O) groups excluding carboxylic acids is 1. The number of carbonyl (C=O) groups is 1. The van der Waals surface area contributed by atoms with Gasteiger partial charge in [-0.1, -0.05) is 0 Å². The Labute approximate surface area is 142 Å². The molecule has 1 aliphatic rings. The first-order valence-electron chi connectivity index (χ1n) is 7.62. The van der Waals surface area contributed by atoms with E-state index in [0.717, 1.165) is 17.1 Å². The summed E-state index contributed by atoms with van der Waals surface area (Å²) >= 11 is 1.37. The highest BCUT2D eigenvalue weighted by molar-refractivity contribution is 7.09. The Morgan fingerprint density at radius 1 is 1.38 bits per heavy atom. The predicted octanol–water partition coefficient (Wildman–Crippen LogP) is 2.56. The number of hydrogen-bond donors (Lipinski definition) is 1. The molecule has 2 N–H and O–H groups in total. The molecule has 0 saturated carbocycles. The fraction of sp³-hybridized carbons (Fsp3) is 0.375. The van der Waals surface area contributed by atoms with E-state index in [1.165, 1.54) is 17.4 Å². The van der Waals surface area contributed by atoms with Crippen molar-refractivity contribution >= 4 is 17.2 Å². The van der Waals surface area contributed by atoms with Crippen LogP contribution in [0.1, 0.15) is 28.3 Å². The third-order valence-electron chi connectivity index (χ3n) is 3.86. The van der Waals surface area contributed by atoms with Crippen LogP contribution in [0.15, 0.2) is 23.6 Å². The number of rotatable bonds is 4. The molecule has 0 radical (unpaired) electrons. The first-order chi connectivity index (χ1) is 11.6. The lowest BCUT2D eigenvalue weighted by Gasteiger charge is -2.31. The summed E-state index contributed by atoms with van der Waals surface area (Å²) in [7, 11) is 0. The summed E-state index contributed by atoms with van der Waals surface area (Å²) in [6.45, 7) is 1.32. The van der Waals surface area contributed by atoms with Gasteiger partial charge in [0.15, 0.2) is 11.6 Å². The van der Waals surface area contributed by atoms with Crippen LogP contribution in [0, 0.1) is 11.6 Å². The summed E-state index contributed by atoms with van der Waals surface area (Å²) in [5.74, 6) is -1.45. The molecule has 0 atom stereocenters. The molecule has 8 heteroatoms. The predicted molar refractivity (Wildman–Crippen MR) is 85.9 cm³/mol. The third-order valence-corrected chi connectivity index (χ3v) is 4.73. The van der Waals surface area contributed by atoms with Gasteiger partial charge in [-0.25, -0.2) is 13.8 Å². The van der Waals surface area contributed by atoms with E-state index >= 15 is 0 Å². The van der Waals surface area contributed by atoms with Crippen LogP contribution in [0.4, 0.5) is 8.78 Å². The van der Waals surface area contributed by atoms with Crippen LogP contribution >= 0.6 is 11.3 Å². The van der Waals surface area contributed by atoms with E-state index in [4.69, 9.17) is 10.5 Å². The summed E-state index contributed by atoms with van der Waals surface area (Å²) in [6.07, 6.45) is 0.955. The Hall–Kier alpha value is -2.06. The fourth-order valence-electron chi connectivity index (χ4n) is 2.59. The minimum absolute atomic E-state index is 0.0354. The van der Waals surface area contributed by atoms with Crippen molar-refractivity contribution < 1.29 is 18.3 Å². The molecule has 2 heterocycles. The average Bonchev–Trinajstić information content (AvgIpc) is 3.06. The number of nitrogens with zero attached hydrogens (tertiary/aromatic N) is 2. The third kappa shape index (κ3) is 3.70. The van der Waals surface area contributed by atoms with Crippen LogP contribution in [-0.4, -0.2) is 35.0 Å². The lowest BCUT2D eigenvalue weighted by atomic mass is 10.1. The molecule has 0 spiro atoms. The van der Waals surface area contributed by atoms with Gasteiger partial charge in [0.2, 0.25) is 0 Å². The van der Waals surface area contributed by atoms with Gasteiger partial charge in [0.25, 0.3) is 5.91 Å². The van der Waals surface area contributed by atoms with Crippen molar-refractivity contribution in [3.63, 3.8) is 0 Å². The number of hydrogen-bond acceptors (Lipinski definition) is 5. The first kappa shape index (κ1) is 16.8. The standard InChI is InChI=1S/C16H17F2N3O2S/c17-10-1-2-14(12(18)7-10)23-11-3-5-21(6-4-11)16(22)13-9-24-15(8-19)20-13/h1-2,7,9,11H,3-6,8,19H2. The van der Waals surface area contributed by atoms with E-state index in [-0.39, 0.29) is 17.8 Å². The zero-order valence-corrected chi connectivity index (χ0v) is 13.7. The van der Waals surface area contributed by atoms with Gasteiger partial charge in [-0.05, 0) is 12.1 Å². The van der Waals surface area contributed by atoms with Crippen LogP contribution in [0.5, 0.6) is 5.75 Å². The Bertz CT molecular complexity index is 730. The highest BCUT2D eigenvalue weighted by atomic mass is 32.1. The van der Waals surface area contributed by atoms with Gasteiger partial charge in [-0.2, -0.15) is 0 Å². The first-order valence-corrected chi connectivity index (χ1v) is 8.50. The molecule has 5 nitrogen and oxygen atoms in total. The molecule has 1 aromatic carbocycles. The SMILES string of the molecule is NCc1nc(C(=O)N2CCC(Oc3ccc(F)cc3F)CC2)cs1. The van der Waals surface area contributed by atoms with Gasteiger partial charge in [-0.15, -0.1) is 11.3 Å². The summed E-state index contributed by atoms with van der Waals surface area (Å²) in [4.78, 5) is 18.3. The second-order valence-corrected chi connectivity index (χ2v) is 6.46. The number of thiazole rings is 1. The molecular formula is C16H17F2N3O2S. The molecular weight excluding hydrogens is 336 g/mol. The molecule has 1 aliphatic heterocycles. The molecule has 24 heavy (non-hydrogen) atoms. The van der Waals surface area contributed by atoms with Gasteiger partial charge in [0.05, 0.1) is 0 Å².